The third-order valence-electron chi connectivity index (χ3n) is 17.4. The summed E-state index contributed by atoms with van der Waals surface area (Å²) in [7, 11) is 3.42. The quantitative estimate of drug-likeness (QED) is 0.0512. The van der Waals surface area contributed by atoms with E-state index in [2.05, 4.69) is 21.3 Å². The maximum Gasteiger partial charge on any atom is 0.253 e. The highest BCUT2D eigenvalue weighted by Crippen LogP contribution is 2.32. The molecule has 8 rings (SSSR count). The summed E-state index contributed by atoms with van der Waals surface area (Å²) in [5.41, 5.74) is 4.75. The number of carbonyl (C=O) groups excluding carboxylic acids is 6. The first kappa shape index (κ1) is 59.7. The molecule has 4 aromatic rings. The molecule has 0 bridgehead atoms. The Morgan fingerprint density at radius 2 is 0.863 bits per heavy atom. The molecule has 2 heterocycles. The minimum atomic E-state index is -0.771. The van der Waals surface area contributed by atoms with Crippen molar-refractivity contribution in [3.05, 3.63) is 131 Å². The topological polar surface area (TPSA) is 204 Å². The molecular formula is C64H86N8O8. The Labute approximate surface area is 473 Å². The van der Waals surface area contributed by atoms with E-state index in [9.17, 15) is 39.0 Å². The Balaban J connectivity index is 0.986. The van der Waals surface area contributed by atoms with Crippen LogP contribution in [-0.2, 0) is 32.0 Å². The number of carbonyl (C=O) groups is 6. The van der Waals surface area contributed by atoms with E-state index in [4.69, 9.17) is 0 Å². The van der Waals surface area contributed by atoms with E-state index in [0.29, 0.717) is 49.9 Å². The smallest absolute Gasteiger partial charge is 0.253 e. The average Bonchev–Trinajstić information content (AvgIpc) is 4.07. The number of rotatable bonds is 23. The summed E-state index contributed by atoms with van der Waals surface area (Å²) >= 11 is 0. The zero-order chi connectivity index (χ0) is 56.7. The van der Waals surface area contributed by atoms with Crippen LogP contribution in [0.15, 0.2) is 109 Å². The van der Waals surface area contributed by atoms with E-state index in [1.807, 2.05) is 84.9 Å². The minimum absolute atomic E-state index is 0.0182. The summed E-state index contributed by atoms with van der Waals surface area (Å²) in [5, 5.41) is 34.3. The fraction of sp³-hybridized carbons (Fsp3) is 0.531. The van der Waals surface area contributed by atoms with Gasteiger partial charge in [0.05, 0.1) is 36.4 Å². The second-order valence-electron chi connectivity index (χ2n) is 23.0. The van der Waals surface area contributed by atoms with Crippen LogP contribution >= 0.6 is 0 Å². The van der Waals surface area contributed by atoms with Crippen molar-refractivity contribution in [3.8, 4) is 11.1 Å². The van der Waals surface area contributed by atoms with Crippen molar-refractivity contribution < 1.29 is 39.0 Å². The Bertz CT molecular complexity index is 2480. The molecule has 6 amide bonds. The second-order valence-corrected chi connectivity index (χ2v) is 23.0. The van der Waals surface area contributed by atoms with Crippen molar-refractivity contribution in [2.24, 2.45) is 11.8 Å². The molecule has 2 aliphatic heterocycles. The lowest BCUT2D eigenvalue weighted by molar-refractivity contribution is -0.140. The van der Waals surface area contributed by atoms with Crippen LogP contribution in [0.4, 0.5) is 0 Å². The maximum absolute atomic E-state index is 14.7. The molecule has 2 saturated carbocycles. The summed E-state index contributed by atoms with van der Waals surface area (Å²) in [4.78, 5) is 92.2. The van der Waals surface area contributed by atoms with Gasteiger partial charge in [0.1, 0.15) is 12.1 Å². The predicted molar refractivity (Wildman–Crippen MR) is 310 cm³/mol. The summed E-state index contributed by atoms with van der Waals surface area (Å²) in [6.45, 7) is 4.95. The van der Waals surface area contributed by atoms with Crippen LogP contribution in [0.3, 0.4) is 0 Å². The van der Waals surface area contributed by atoms with Crippen LogP contribution < -0.4 is 21.3 Å². The lowest BCUT2D eigenvalue weighted by atomic mass is 9.83. The standard InChI is InChI=1S/C64H86N8O8/c1-43(65-3)59(75)67-57(49-21-13-7-14-22-49)63(79)71-41-55(73)37-53(71)39-69(35-33-45-17-9-5-10-18-45)61(77)51-29-25-47(26-30-51)48-27-31-52(32-28-48)62(78)70(36-34-46-19-11-6-12-20-46)40-54-38-56(74)42-72(54)64(80)58(50-23-15-8-16-24-50)68-60(76)44(2)66-4/h5-6,9-12,17-20,25-32,43-44,49-50,53-58,65-66,73-74H,7-8,13-16,21-24,33-42H2,1-4H3,(H,67,75)(H,68,76)/t43-,44-,53-,54+,55-,56-,57-,58-/m0/s1. The number of hydrogen-bond acceptors (Lipinski definition) is 10. The molecule has 2 aliphatic carbocycles. The molecule has 8 atom stereocenters. The van der Waals surface area contributed by atoms with Crippen molar-refractivity contribution in [1.29, 1.82) is 0 Å². The molecule has 2 saturated heterocycles. The van der Waals surface area contributed by atoms with Crippen LogP contribution in [-0.4, -0.2) is 167 Å². The van der Waals surface area contributed by atoms with Gasteiger partial charge in [-0.25, -0.2) is 0 Å². The van der Waals surface area contributed by atoms with Crippen LogP contribution in [0, 0.1) is 11.8 Å². The first-order valence-corrected chi connectivity index (χ1v) is 29.5. The molecule has 4 fully saturated rings. The summed E-state index contributed by atoms with van der Waals surface area (Å²) in [5.74, 6) is -1.36. The van der Waals surface area contributed by atoms with E-state index in [1.165, 1.54) is 0 Å². The first-order valence-electron chi connectivity index (χ1n) is 29.5. The first-order chi connectivity index (χ1) is 38.7. The van der Waals surface area contributed by atoms with E-state index < -0.39 is 48.5 Å². The maximum atomic E-state index is 14.7. The molecule has 0 radical (unpaired) electrons. The molecule has 16 nitrogen and oxygen atoms in total. The van der Waals surface area contributed by atoms with Gasteiger partial charge in [0.2, 0.25) is 23.6 Å². The third kappa shape index (κ3) is 15.5. The van der Waals surface area contributed by atoms with Gasteiger partial charge in [-0.3, -0.25) is 28.8 Å². The normalized spacial score (nSPS) is 21.3. The van der Waals surface area contributed by atoms with Crippen LogP contribution in [0.1, 0.15) is 123 Å². The van der Waals surface area contributed by atoms with Gasteiger partial charge in [0.15, 0.2) is 0 Å². The van der Waals surface area contributed by atoms with Gasteiger partial charge in [-0.15, -0.1) is 0 Å². The third-order valence-corrected chi connectivity index (χ3v) is 17.4. The van der Waals surface area contributed by atoms with Crippen LogP contribution in [0.2, 0.25) is 0 Å². The number of nitrogens with zero attached hydrogens (tertiary/aromatic N) is 4. The van der Waals surface area contributed by atoms with Gasteiger partial charge in [0.25, 0.3) is 11.8 Å². The molecule has 0 unspecified atom stereocenters. The number of hydrogen-bond donors (Lipinski definition) is 6. The van der Waals surface area contributed by atoms with Crippen LogP contribution in [0.25, 0.3) is 11.1 Å². The second kappa shape index (κ2) is 28.8. The van der Waals surface area contributed by atoms with Gasteiger partial charge in [-0.2, -0.15) is 0 Å². The number of aliphatic hydroxyl groups excluding tert-OH is 2. The summed E-state index contributed by atoms with van der Waals surface area (Å²) < 4.78 is 0. The Kier molecular flexibility index (Phi) is 21.5. The number of β-amino-alcohol motifs (C(OH)–C–C–N with tert-alkyl or cyclic N) is 2. The molecule has 0 spiro atoms. The van der Waals surface area contributed by atoms with E-state index >= 15 is 0 Å². The highest BCUT2D eigenvalue weighted by atomic mass is 16.3. The number of amides is 6. The van der Waals surface area contributed by atoms with Crippen molar-refractivity contribution in [2.75, 3.05) is 53.4 Å². The van der Waals surface area contributed by atoms with Gasteiger partial charge < -0.3 is 51.1 Å². The number of likely N-dealkylation sites (tertiary alicyclic amines) is 2. The fourth-order valence-corrected chi connectivity index (χ4v) is 12.4. The highest BCUT2D eigenvalue weighted by molar-refractivity contribution is 5.96. The predicted octanol–water partition coefficient (Wildman–Crippen LogP) is 5.99. The molecule has 4 aromatic carbocycles. The van der Waals surface area contributed by atoms with Crippen LogP contribution in [0.5, 0.6) is 0 Å². The molecule has 16 heteroatoms. The number of nitrogens with one attached hydrogen (secondary N) is 4. The SMILES string of the molecule is CN[C@@H](C)C(=O)N[C@H](C(=O)N1C[C@@H](O)C[C@@H]1CN(CCc1ccccc1)C(=O)c1ccc(-c2ccc(C(=O)N(CCc3ccccc3)C[C@@H]3C[C@H](O)CN3C(=O)[C@@H](NC(=O)[C@H](C)NC)C3CCCCC3)cc2)cc1)C1CCCCC1. The van der Waals surface area contributed by atoms with Gasteiger partial charge in [-0.1, -0.05) is 123 Å². The molecule has 0 aromatic heterocycles. The average molecular weight is 1100 g/mol. The number of aliphatic hydroxyl groups is 2. The number of likely N-dealkylation sites (N-methyl/N-ethyl adjacent to an activating group) is 2. The molecular weight excluding hydrogens is 1010 g/mol. The Hall–Kier alpha value is -6.46. The molecule has 6 N–H and O–H groups in total. The Morgan fingerprint density at radius 1 is 0.512 bits per heavy atom. The van der Waals surface area contributed by atoms with Gasteiger partial charge in [-0.05, 0) is 138 Å². The van der Waals surface area contributed by atoms with Gasteiger partial charge >= 0.3 is 0 Å². The number of benzene rings is 4. The highest BCUT2D eigenvalue weighted by Gasteiger charge is 2.44. The molecule has 80 heavy (non-hydrogen) atoms. The summed E-state index contributed by atoms with van der Waals surface area (Å²) in [6, 6.07) is 31.3. The van der Waals surface area contributed by atoms with Crippen molar-refractivity contribution in [3.63, 3.8) is 0 Å². The van der Waals surface area contributed by atoms with Crippen molar-refractivity contribution >= 4 is 35.4 Å². The lowest BCUT2D eigenvalue weighted by Gasteiger charge is -2.37. The van der Waals surface area contributed by atoms with Crippen molar-refractivity contribution in [1.82, 2.24) is 40.9 Å². The van der Waals surface area contributed by atoms with E-state index in [0.717, 1.165) is 86.5 Å². The largest absolute Gasteiger partial charge is 0.391 e. The zero-order valence-electron chi connectivity index (χ0n) is 47.4. The van der Waals surface area contributed by atoms with Crippen molar-refractivity contribution in [2.45, 2.75) is 152 Å². The monoisotopic (exact) mass is 1090 g/mol. The van der Waals surface area contributed by atoms with E-state index in [-0.39, 0.29) is 73.5 Å². The minimum Gasteiger partial charge on any atom is -0.391 e. The van der Waals surface area contributed by atoms with Gasteiger partial charge in [0, 0.05) is 50.4 Å². The van der Waals surface area contributed by atoms with E-state index in [1.54, 1.807) is 71.8 Å². The Morgan fingerprint density at radius 3 is 1.20 bits per heavy atom. The zero-order valence-corrected chi connectivity index (χ0v) is 47.4. The molecule has 430 valence electrons. The lowest BCUT2D eigenvalue weighted by Crippen LogP contribution is -2.57. The molecule has 4 aliphatic rings. The summed E-state index contributed by atoms with van der Waals surface area (Å²) in [6.07, 6.45) is 9.69. The fourth-order valence-electron chi connectivity index (χ4n) is 12.4.